The number of halogens is 2. The maximum Gasteiger partial charge on any atom is 0.251 e. The third-order valence-electron chi connectivity index (χ3n) is 4.60. The molecule has 3 rings (SSSR count). The molecule has 162 valence electrons. The second kappa shape index (κ2) is 10.8. The number of rotatable bonds is 9. The first-order chi connectivity index (χ1) is 15.0. The molecule has 8 heteroatoms. The lowest BCUT2D eigenvalue weighted by Gasteiger charge is -2.26. The van der Waals surface area contributed by atoms with Crippen LogP contribution in [0.2, 0.25) is 0 Å². The molecule has 2 aromatic carbocycles. The summed E-state index contributed by atoms with van der Waals surface area (Å²) in [6, 6.07) is 11.7. The van der Waals surface area contributed by atoms with Gasteiger partial charge in [-0.25, -0.2) is 13.8 Å². The first-order valence-electron chi connectivity index (χ1n) is 9.95. The van der Waals surface area contributed by atoms with Crippen LogP contribution in [-0.2, 0) is 22.6 Å². The number of hydrogen-bond acceptors (Lipinski definition) is 4. The van der Waals surface area contributed by atoms with Crippen molar-refractivity contribution in [3.63, 3.8) is 0 Å². The minimum atomic E-state index is -0.775. The molecule has 0 radical (unpaired) electrons. The molecule has 1 N–H and O–H groups in total. The Hall–Kier alpha value is -3.13. The van der Waals surface area contributed by atoms with E-state index in [0.717, 1.165) is 23.8 Å². The van der Waals surface area contributed by atoms with Crippen LogP contribution in [0.5, 0.6) is 0 Å². The molecule has 1 unspecified atom stereocenters. The molecule has 1 aromatic heterocycles. The molecule has 0 bridgehead atoms. The minimum absolute atomic E-state index is 0.207. The maximum absolute atomic E-state index is 13.4. The van der Waals surface area contributed by atoms with E-state index in [2.05, 4.69) is 10.3 Å². The van der Waals surface area contributed by atoms with Gasteiger partial charge in [-0.1, -0.05) is 43.7 Å². The van der Waals surface area contributed by atoms with Crippen LogP contribution in [0.15, 0.2) is 60.1 Å². The molecule has 0 saturated heterocycles. The van der Waals surface area contributed by atoms with E-state index in [9.17, 15) is 18.4 Å². The van der Waals surface area contributed by atoms with Crippen molar-refractivity contribution in [1.82, 2.24) is 10.3 Å². The summed E-state index contributed by atoms with van der Waals surface area (Å²) in [6.07, 6.45) is 2.50. The number of hydrogen-bond donors (Lipinski definition) is 1. The quantitative estimate of drug-likeness (QED) is 0.530. The topological polar surface area (TPSA) is 62.3 Å². The van der Waals surface area contributed by atoms with Crippen LogP contribution >= 0.6 is 11.3 Å². The maximum atomic E-state index is 13.4. The lowest BCUT2D eigenvalue weighted by Crippen LogP contribution is -2.49. The normalized spacial score (nSPS) is 11.7. The number of anilines is 1. The highest BCUT2D eigenvalue weighted by Crippen LogP contribution is 2.22. The average molecular weight is 444 g/mol. The Morgan fingerprint density at radius 2 is 1.81 bits per heavy atom. The first kappa shape index (κ1) is 22.6. The minimum Gasteiger partial charge on any atom is -0.344 e. The molecule has 31 heavy (non-hydrogen) atoms. The van der Waals surface area contributed by atoms with Gasteiger partial charge in [0.15, 0.2) is 5.13 Å². The van der Waals surface area contributed by atoms with Crippen molar-refractivity contribution in [2.75, 3.05) is 4.90 Å². The van der Waals surface area contributed by atoms with Gasteiger partial charge in [-0.3, -0.25) is 14.5 Å². The van der Waals surface area contributed by atoms with Crippen molar-refractivity contribution in [1.29, 1.82) is 0 Å². The molecule has 0 fully saturated rings. The molecule has 0 spiro atoms. The fourth-order valence-electron chi connectivity index (χ4n) is 3.23. The smallest absolute Gasteiger partial charge is 0.251 e. The lowest BCUT2D eigenvalue weighted by molar-refractivity contribution is -0.127. The Morgan fingerprint density at radius 3 is 2.42 bits per heavy atom. The summed E-state index contributed by atoms with van der Waals surface area (Å²) in [7, 11) is 0. The van der Waals surface area contributed by atoms with Gasteiger partial charge in [-0.05, 0) is 29.7 Å². The van der Waals surface area contributed by atoms with Crippen LogP contribution in [0.25, 0.3) is 0 Å². The average Bonchev–Trinajstić information content (AvgIpc) is 3.26. The number of benzene rings is 2. The third kappa shape index (κ3) is 6.42. The van der Waals surface area contributed by atoms with Crippen molar-refractivity contribution in [3.8, 4) is 0 Å². The van der Waals surface area contributed by atoms with Gasteiger partial charge in [0.25, 0.3) is 5.91 Å². The molecular weight excluding hydrogens is 420 g/mol. The summed E-state index contributed by atoms with van der Waals surface area (Å²) < 4.78 is 26.8. The summed E-state index contributed by atoms with van der Waals surface area (Å²) in [6.45, 7) is 2.23. The number of carbonyl (C=O) groups excluding carboxylic acids is 2. The van der Waals surface area contributed by atoms with E-state index >= 15 is 0 Å². The third-order valence-corrected chi connectivity index (χ3v) is 5.39. The largest absolute Gasteiger partial charge is 0.344 e. The molecule has 1 heterocycles. The van der Waals surface area contributed by atoms with E-state index in [0.29, 0.717) is 24.5 Å². The molecule has 1 atom stereocenters. The zero-order chi connectivity index (χ0) is 22.2. The Labute approximate surface area is 183 Å². The van der Waals surface area contributed by atoms with Crippen molar-refractivity contribution < 1.29 is 18.4 Å². The van der Waals surface area contributed by atoms with Gasteiger partial charge in [-0.15, -0.1) is 11.3 Å². The molecule has 5 nitrogen and oxygen atoms in total. The van der Waals surface area contributed by atoms with Crippen molar-refractivity contribution in [2.45, 2.75) is 38.8 Å². The Kier molecular flexibility index (Phi) is 7.83. The van der Waals surface area contributed by atoms with E-state index in [1.54, 1.807) is 16.5 Å². The van der Waals surface area contributed by atoms with Gasteiger partial charge < -0.3 is 5.32 Å². The SMILES string of the molecule is CCCC(NC(=O)Cc1cc(F)cc(F)c1)C(=O)N(Cc1ccccc1)c1nccs1. The van der Waals surface area contributed by atoms with E-state index in [1.807, 2.05) is 37.3 Å². The molecule has 3 aromatic rings. The number of carbonyl (C=O) groups is 2. The standard InChI is InChI=1S/C23H23F2N3O2S/c1-2-6-20(27-21(29)13-17-11-18(24)14-19(25)12-17)22(30)28(23-26-9-10-31-23)15-16-7-4-3-5-8-16/h3-5,7-12,14,20H,2,6,13,15H2,1H3,(H,27,29). The van der Waals surface area contributed by atoms with Crippen LogP contribution in [0.3, 0.4) is 0 Å². The summed E-state index contributed by atoms with van der Waals surface area (Å²) in [4.78, 5) is 31.8. The van der Waals surface area contributed by atoms with Gasteiger partial charge >= 0.3 is 0 Å². The van der Waals surface area contributed by atoms with E-state index in [1.165, 1.54) is 11.3 Å². The van der Waals surface area contributed by atoms with Crippen molar-refractivity contribution >= 4 is 28.3 Å². The Balaban J connectivity index is 1.76. The molecule has 2 amide bonds. The first-order valence-corrected chi connectivity index (χ1v) is 10.8. The van der Waals surface area contributed by atoms with Crippen molar-refractivity contribution in [2.24, 2.45) is 0 Å². The highest BCUT2D eigenvalue weighted by Gasteiger charge is 2.28. The number of amides is 2. The number of nitrogens with one attached hydrogen (secondary N) is 1. The van der Waals surface area contributed by atoms with Gasteiger partial charge in [0.2, 0.25) is 5.91 Å². The van der Waals surface area contributed by atoms with Gasteiger partial charge in [0.05, 0.1) is 13.0 Å². The molecule has 0 aliphatic heterocycles. The van der Waals surface area contributed by atoms with Crippen LogP contribution in [0, 0.1) is 11.6 Å². The lowest BCUT2D eigenvalue weighted by atomic mass is 10.1. The van der Waals surface area contributed by atoms with Crippen molar-refractivity contribution in [3.05, 3.63) is 82.9 Å². The van der Waals surface area contributed by atoms with Gasteiger partial charge in [0, 0.05) is 17.6 Å². The Bertz CT molecular complexity index is 993. The second-order valence-electron chi connectivity index (χ2n) is 7.09. The second-order valence-corrected chi connectivity index (χ2v) is 7.96. The van der Waals surface area contributed by atoms with E-state index < -0.39 is 23.6 Å². The van der Waals surface area contributed by atoms with Gasteiger partial charge in [-0.2, -0.15) is 0 Å². The van der Waals surface area contributed by atoms with Crippen LogP contribution < -0.4 is 10.2 Å². The zero-order valence-electron chi connectivity index (χ0n) is 17.1. The predicted molar refractivity (Wildman–Crippen MR) is 117 cm³/mol. The molecule has 0 aliphatic rings. The Morgan fingerprint density at radius 1 is 1.10 bits per heavy atom. The van der Waals surface area contributed by atoms with Gasteiger partial charge in [0.1, 0.15) is 17.7 Å². The summed E-state index contributed by atoms with van der Waals surface area (Å²) >= 11 is 1.34. The van der Waals surface area contributed by atoms with Crippen LogP contribution in [0.1, 0.15) is 30.9 Å². The van der Waals surface area contributed by atoms with Crippen LogP contribution in [0.4, 0.5) is 13.9 Å². The fourth-order valence-corrected chi connectivity index (χ4v) is 3.88. The zero-order valence-corrected chi connectivity index (χ0v) is 17.9. The fraction of sp³-hybridized carbons (Fsp3) is 0.261. The summed E-state index contributed by atoms with van der Waals surface area (Å²) in [5.74, 6) is -2.25. The van der Waals surface area contributed by atoms with E-state index in [4.69, 9.17) is 0 Å². The molecule has 0 saturated carbocycles. The highest BCUT2D eigenvalue weighted by atomic mass is 32.1. The predicted octanol–water partition coefficient (Wildman–Crippen LogP) is 4.48. The number of nitrogens with zero attached hydrogens (tertiary/aromatic N) is 2. The van der Waals surface area contributed by atoms with E-state index in [-0.39, 0.29) is 17.9 Å². The molecule has 0 aliphatic carbocycles. The number of thiazole rings is 1. The monoisotopic (exact) mass is 443 g/mol. The summed E-state index contributed by atoms with van der Waals surface area (Å²) in [5.41, 5.74) is 1.14. The van der Waals surface area contributed by atoms with Crippen LogP contribution in [-0.4, -0.2) is 22.8 Å². The summed E-state index contributed by atoms with van der Waals surface area (Å²) in [5, 5.41) is 5.06. The molecular formula is C23H23F2N3O2S. The number of aromatic nitrogens is 1. The highest BCUT2D eigenvalue weighted by molar-refractivity contribution is 7.13.